The van der Waals surface area contributed by atoms with Gasteiger partial charge in [0.2, 0.25) is 0 Å². The Bertz CT molecular complexity index is 68.5. The van der Waals surface area contributed by atoms with Crippen molar-refractivity contribution in [2.75, 3.05) is 0 Å². The predicted molar refractivity (Wildman–Crippen MR) is 31.6 cm³/mol. The second kappa shape index (κ2) is 2.77. The fraction of sp³-hybridized carbons (Fsp3) is 0.600. The van der Waals surface area contributed by atoms with Crippen LogP contribution >= 0.6 is 0 Å². The van der Waals surface area contributed by atoms with Crippen molar-refractivity contribution in [2.45, 2.75) is 19.9 Å². The van der Waals surface area contributed by atoms with E-state index in [1.54, 1.807) is 0 Å². The van der Waals surface area contributed by atoms with E-state index in [9.17, 15) is 0 Å². The van der Waals surface area contributed by atoms with Gasteiger partial charge in [-0.05, 0) is 13.8 Å². The Morgan fingerprint density at radius 3 is 2.29 bits per heavy atom. The summed E-state index contributed by atoms with van der Waals surface area (Å²) in [5.74, 6) is 5.06. The Hall–Kier alpha value is -0.340. The SMILES string of the molecule is C=C(C)[C@H](C)NN. The summed E-state index contributed by atoms with van der Waals surface area (Å²) in [5, 5.41) is 0. The first-order chi connectivity index (χ1) is 3.18. The summed E-state index contributed by atoms with van der Waals surface area (Å²) in [5.41, 5.74) is 3.62. The lowest BCUT2D eigenvalue weighted by molar-refractivity contribution is 0.641. The van der Waals surface area contributed by atoms with Crippen LogP contribution in [0, 0.1) is 0 Å². The van der Waals surface area contributed by atoms with E-state index in [4.69, 9.17) is 5.84 Å². The van der Waals surface area contributed by atoms with Gasteiger partial charge in [0.25, 0.3) is 0 Å². The number of nitrogens with two attached hydrogens (primary N) is 1. The molecular formula is C5H12N2. The van der Waals surface area contributed by atoms with Crippen molar-refractivity contribution in [3.63, 3.8) is 0 Å². The van der Waals surface area contributed by atoms with Crippen molar-refractivity contribution in [2.24, 2.45) is 5.84 Å². The largest absolute Gasteiger partial charge is 0.271 e. The van der Waals surface area contributed by atoms with E-state index in [0.717, 1.165) is 5.57 Å². The molecule has 0 saturated carbocycles. The second-order valence-corrected chi connectivity index (χ2v) is 1.73. The summed E-state index contributed by atoms with van der Waals surface area (Å²) in [6.45, 7) is 7.58. The van der Waals surface area contributed by atoms with E-state index < -0.39 is 0 Å². The average Bonchev–Trinajstić information content (AvgIpc) is 1.65. The van der Waals surface area contributed by atoms with Crippen LogP contribution in [0.4, 0.5) is 0 Å². The molecule has 0 aromatic carbocycles. The first-order valence-corrected chi connectivity index (χ1v) is 2.30. The maximum atomic E-state index is 5.06. The maximum Gasteiger partial charge on any atom is 0.0386 e. The summed E-state index contributed by atoms with van der Waals surface area (Å²) in [6, 6.07) is 0.236. The van der Waals surface area contributed by atoms with Gasteiger partial charge in [0.1, 0.15) is 0 Å². The van der Waals surface area contributed by atoms with Crippen molar-refractivity contribution in [1.29, 1.82) is 0 Å². The predicted octanol–water partition coefficient (Wildman–Crippen LogP) is 0.414. The number of nitrogens with one attached hydrogen (secondary N) is 1. The molecule has 0 spiro atoms. The number of rotatable bonds is 2. The van der Waals surface area contributed by atoms with Crippen molar-refractivity contribution in [3.8, 4) is 0 Å². The first-order valence-electron chi connectivity index (χ1n) is 2.30. The minimum atomic E-state index is 0.236. The molecule has 2 nitrogen and oxygen atoms in total. The number of hydrogen-bond acceptors (Lipinski definition) is 2. The molecule has 0 bridgehead atoms. The van der Waals surface area contributed by atoms with Gasteiger partial charge < -0.3 is 0 Å². The smallest absolute Gasteiger partial charge is 0.0386 e. The molecule has 0 unspecified atom stereocenters. The van der Waals surface area contributed by atoms with E-state index in [-0.39, 0.29) is 6.04 Å². The van der Waals surface area contributed by atoms with Crippen LogP contribution in [0.1, 0.15) is 13.8 Å². The Balaban J connectivity index is 3.34. The molecule has 0 saturated heterocycles. The molecule has 0 heterocycles. The first kappa shape index (κ1) is 6.66. The standard InChI is InChI=1S/C5H12N2/c1-4(2)5(3)7-6/h5,7H,1,6H2,2-3H3/t5-/m0/s1. The highest BCUT2D eigenvalue weighted by molar-refractivity contribution is 4.97. The van der Waals surface area contributed by atoms with Crippen LogP contribution in [0.25, 0.3) is 0 Å². The molecule has 0 aliphatic rings. The second-order valence-electron chi connectivity index (χ2n) is 1.73. The van der Waals surface area contributed by atoms with Crippen LogP contribution in [0.2, 0.25) is 0 Å². The zero-order chi connectivity index (χ0) is 5.86. The lowest BCUT2D eigenvalue weighted by atomic mass is 10.2. The van der Waals surface area contributed by atoms with Gasteiger partial charge in [0, 0.05) is 6.04 Å². The third-order valence-corrected chi connectivity index (χ3v) is 0.989. The molecule has 0 aromatic rings. The van der Waals surface area contributed by atoms with Crippen LogP contribution in [0.5, 0.6) is 0 Å². The molecule has 0 aliphatic carbocycles. The fourth-order valence-corrected chi connectivity index (χ4v) is 0.142. The lowest BCUT2D eigenvalue weighted by Gasteiger charge is -2.06. The Morgan fingerprint density at radius 1 is 1.86 bits per heavy atom. The zero-order valence-electron chi connectivity index (χ0n) is 4.86. The van der Waals surface area contributed by atoms with Gasteiger partial charge in [0.15, 0.2) is 0 Å². The fourth-order valence-electron chi connectivity index (χ4n) is 0.142. The molecule has 0 rings (SSSR count). The third-order valence-electron chi connectivity index (χ3n) is 0.989. The molecule has 1 atom stereocenters. The number of hydrazine groups is 1. The molecule has 0 radical (unpaired) electrons. The van der Waals surface area contributed by atoms with E-state index in [2.05, 4.69) is 12.0 Å². The van der Waals surface area contributed by atoms with Gasteiger partial charge >= 0.3 is 0 Å². The highest BCUT2D eigenvalue weighted by Gasteiger charge is 1.93. The lowest BCUT2D eigenvalue weighted by Crippen LogP contribution is -2.32. The maximum absolute atomic E-state index is 5.06. The highest BCUT2D eigenvalue weighted by atomic mass is 15.2. The molecule has 42 valence electrons. The van der Waals surface area contributed by atoms with Crippen LogP contribution in [0.3, 0.4) is 0 Å². The summed E-state index contributed by atoms with van der Waals surface area (Å²) < 4.78 is 0. The minimum Gasteiger partial charge on any atom is -0.271 e. The van der Waals surface area contributed by atoms with E-state index in [1.165, 1.54) is 0 Å². The van der Waals surface area contributed by atoms with Gasteiger partial charge in [-0.2, -0.15) is 0 Å². The van der Waals surface area contributed by atoms with E-state index >= 15 is 0 Å². The quantitative estimate of drug-likeness (QED) is 0.300. The van der Waals surface area contributed by atoms with Crippen LogP contribution < -0.4 is 11.3 Å². The third kappa shape index (κ3) is 2.37. The number of hydrogen-bond donors (Lipinski definition) is 2. The minimum absolute atomic E-state index is 0.236. The van der Waals surface area contributed by atoms with E-state index in [1.807, 2.05) is 13.8 Å². The van der Waals surface area contributed by atoms with Crippen molar-refractivity contribution < 1.29 is 0 Å². The van der Waals surface area contributed by atoms with Gasteiger partial charge in [-0.1, -0.05) is 12.2 Å². The molecule has 7 heavy (non-hydrogen) atoms. The normalized spacial score (nSPS) is 13.6. The molecule has 0 fully saturated rings. The van der Waals surface area contributed by atoms with Gasteiger partial charge in [-0.15, -0.1) is 0 Å². The summed E-state index contributed by atoms with van der Waals surface area (Å²) in [6.07, 6.45) is 0. The van der Waals surface area contributed by atoms with E-state index in [0.29, 0.717) is 0 Å². The molecule has 0 amide bonds. The van der Waals surface area contributed by atoms with Crippen molar-refractivity contribution >= 4 is 0 Å². The Kier molecular flexibility index (Phi) is 2.64. The topological polar surface area (TPSA) is 38.0 Å². The molecule has 2 heteroatoms. The van der Waals surface area contributed by atoms with Crippen LogP contribution in [0.15, 0.2) is 12.2 Å². The summed E-state index contributed by atoms with van der Waals surface area (Å²) in [7, 11) is 0. The van der Waals surface area contributed by atoms with Gasteiger partial charge in [0.05, 0.1) is 0 Å². The zero-order valence-corrected chi connectivity index (χ0v) is 4.86. The molecule has 0 aromatic heterocycles. The van der Waals surface area contributed by atoms with Crippen molar-refractivity contribution in [1.82, 2.24) is 5.43 Å². The van der Waals surface area contributed by atoms with Crippen LogP contribution in [-0.2, 0) is 0 Å². The Labute approximate surface area is 44.4 Å². The summed E-state index contributed by atoms with van der Waals surface area (Å²) in [4.78, 5) is 0. The van der Waals surface area contributed by atoms with Gasteiger partial charge in [-0.3, -0.25) is 11.3 Å². The highest BCUT2D eigenvalue weighted by Crippen LogP contribution is 1.91. The van der Waals surface area contributed by atoms with Crippen molar-refractivity contribution in [3.05, 3.63) is 12.2 Å². The monoisotopic (exact) mass is 100 g/mol. The Morgan fingerprint density at radius 2 is 2.29 bits per heavy atom. The van der Waals surface area contributed by atoms with Crippen LogP contribution in [-0.4, -0.2) is 6.04 Å². The molecule has 0 aliphatic heterocycles. The average molecular weight is 100 g/mol. The van der Waals surface area contributed by atoms with Gasteiger partial charge in [-0.25, -0.2) is 0 Å². The molecule has 3 N–H and O–H groups in total. The molecular weight excluding hydrogens is 88.1 g/mol. The summed E-state index contributed by atoms with van der Waals surface area (Å²) >= 11 is 0.